The van der Waals surface area contributed by atoms with Crippen LogP contribution in [0.3, 0.4) is 0 Å². The lowest BCUT2D eigenvalue weighted by atomic mass is 10.2. The average Bonchev–Trinajstić information content (AvgIpc) is 2.61. The number of ether oxygens (including phenoxy) is 1. The molecule has 26 heavy (non-hydrogen) atoms. The van der Waals surface area contributed by atoms with Gasteiger partial charge in [-0.25, -0.2) is 4.39 Å². The van der Waals surface area contributed by atoms with Crippen molar-refractivity contribution in [1.29, 1.82) is 0 Å². The fourth-order valence-electron chi connectivity index (χ4n) is 2.38. The average molecular weight is 359 g/mol. The number of carbonyl (C=O) groups excluding carboxylic acids is 2. The second-order valence-corrected chi connectivity index (χ2v) is 5.83. The van der Waals surface area contributed by atoms with Gasteiger partial charge in [-0.3, -0.25) is 9.59 Å². The Bertz CT molecular complexity index is 778. The second kappa shape index (κ2) is 8.84. The van der Waals surface area contributed by atoms with E-state index in [1.807, 2.05) is 0 Å². The number of benzene rings is 2. The molecule has 0 saturated carbocycles. The summed E-state index contributed by atoms with van der Waals surface area (Å²) in [5.74, 6) is -0.0684. The molecule has 0 heterocycles. The third-order valence-corrected chi connectivity index (χ3v) is 3.71. The van der Waals surface area contributed by atoms with Crippen LogP contribution in [0.1, 0.15) is 12.5 Å². The Balaban J connectivity index is 1.98. The first-order chi connectivity index (χ1) is 12.4. The monoisotopic (exact) mass is 359 g/mol. The summed E-state index contributed by atoms with van der Waals surface area (Å²) >= 11 is 0. The highest BCUT2D eigenvalue weighted by atomic mass is 19.1. The van der Waals surface area contributed by atoms with Gasteiger partial charge in [-0.1, -0.05) is 12.1 Å². The van der Waals surface area contributed by atoms with Crippen LogP contribution in [0.5, 0.6) is 5.75 Å². The maximum absolute atomic E-state index is 12.9. The number of nitrogens with one attached hydrogen (secondary N) is 2. The largest absolute Gasteiger partial charge is 0.495 e. The Morgan fingerprint density at radius 3 is 2.46 bits per heavy atom. The zero-order valence-electron chi connectivity index (χ0n) is 15.0. The summed E-state index contributed by atoms with van der Waals surface area (Å²) in [6.07, 6.45) is 0. The van der Waals surface area contributed by atoms with Gasteiger partial charge in [0.25, 0.3) is 0 Å². The molecule has 2 rings (SSSR count). The molecule has 0 unspecified atom stereocenters. The van der Waals surface area contributed by atoms with Crippen LogP contribution in [0.4, 0.5) is 15.8 Å². The van der Waals surface area contributed by atoms with Gasteiger partial charge in [-0.05, 0) is 35.9 Å². The summed E-state index contributed by atoms with van der Waals surface area (Å²) in [4.78, 5) is 25.1. The van der Waals surface area contributed by atoms with E-state index in [9.17, 15) is 14.0 Å². The summed E-state index contributed by atoms with van der Waals surface area (Å²) in [6, 6.07) is 11.1. The van der Waals surface area contributed by atoms with Gasteiger partial charge in [-0.15, -0.1) is 0 Å². The summed E-state index contributed by atoms with van der Waals surface area (Å²) in [6.45, 7) is 1.85. The fraction of sp³-hybridized carbons (Fsp3) is 0.263. The molecule has 0 saturated heterocycles. The zero-order valence-corrected chi connectivity index (χ0v) is 15.0. The van der Waals surface area contributed by atoms with E-state index in [-0.39, 0.29) is 24.2 Å². The van der Waals surface area contributed by atoms with Gasteiger partial charge in [0.15, 0.2) is 0 Å². The highest BCUT2D eigenvalue weighted by molar-refractivity contribution is 5.90. The van der Waals surface area contributed by atoms with Crippen LogP contribution in [0.15, 0.2) is 42.5 Å². The normalized spacial score (nSPS) is 10.2. The molecule has 0 bridgehead atoms. The number of methoxy groups -OCH3 is 1. The molecular weight excluding hydrogens is 337 g/mol. The van der Waals surface area contributed by atoms with Crippen molar-refractivity contribution in [3.05, 3.63) is 53.8 Å². The minimum absolute atomic E-state index is 0.0532. The quantitative estimate of drug-likeness (QED) is 0.798. The highest BCUT2D eigenvalue weighted by Gasteiger charge is 2.11. The van der Waals surface area contributed by atoms with Gasteiger partial charge in [0.1, 0.15) is 11.6 Å². The van der Waals surface area contributed by atoms with Gasteiger partial charge < -0.3 is 20.3 Å². The van der Waals surface area contributed by atoms with E-state index >= 15 is 0 Å². The van der Waals surface area contributed by atoms with E-state index in [0.29, 0.717) is 23.7 Å². The van der Waals surface area contributed by atoms with Crippen molar-refractivity contribution >= 4 is 23.2 Å². The number of nitrogens with zero attached hydrogens (tertiary/aromatic N) is 1. The van der Waals surface area contributed by atoms with Gasteiger partial charge in [-0.2, -0.15) is 0 Å². The summed E-state index contributed by atoms with van der Waals surface area (Å²) < 4.78 is 18.2. The predicted molar refractivity (Wildman–Crippen MR) is 98.7 cm³/mol. The third kappa shape index (κ3) is 5.47. The minimum atomic E-state index is -0.310. The summed E-state index contributed by atoms with van der Waals surface area (Å²) in [7, 11) is 3.21. The van der Waals surface area contributed by atoms with Crippen molar-refractivity contribution in [3.8, 4) is 5.75 Å². The third-order valence-electron chi connectivity index (χ3n) is 3.71. The molecule has 0 spiro atoms. The number of halogens is 1. The molecule has 2 aromatic carbocycles. The molecular formula is C19H22FN3O3. The van der Waals surface area contributed by atoms with Crippen molar-refractivity contribution in [2.75, 3.05) is 31.3 Å². The predicted octanol–water partition coefficient (Wildman–Crippen LogP) is 2.86. The van der Waals surface area contributed by atoms with Crippen LogP contribution in [0.2, 0.25) is 0 Å². The van der Waals surface area contributed by atoms with Crippen LogP contribution >= 0.6 is 0 Å². The van der Waals surface area contributed by atoms with Crippen molar-refractivity contribution in [3.63, 3.8) is 0 Å². The first-order valence-corrected chi connectivity index (χ1v) is 8.07. The molecule has 0 aliphatic heterocycles. The van der Waals surface area contributed by atoms with E-state index in [1.165, 1.54) is 26.2 Å². The summed E-state index contributed by atoms with van der Waals surface area (Å²) in [5.41, 5.74) is 2.04. The first kappa shape index (κ1) is 19.2. The Hall–Kier alpha value is -3.09. The van der Waals surface area contributed by atoms with Crippen LogP contribution < -0.4 is 15.4 Å². The maximum atomic E-state index is 12.9. The second-order valence-electron chi connectivity index (χ2n) is 5.83. The molecule has 0 radical (unpaired) electrons. The molecule has 2 amide bonds. The van der Waals surface area contributed by atoms with Gasteiger partial charge in [0, 0.05) is 26.2 Å². The molecule has 2 N–H and O–H groups in total. The van der Waals surface area contributed by atoms with Crippen LogP contribution in [-0.4, -0.2) is 37.4 Å². The highest BCUT2D eigenvalue weighted by Crippen LogP contribution is 2.27. The SMILES string of the molecule is COc1ccc(NC(C)=O)cc1NCC(=O)N(C)Cc1ccc(F)cc1. The topological polar surface area (TPSA) is 70.7 Å². The lowest BCUT2D eigenvalue weighted by molar-refractivity contribution is -0.128. The number of amides is 2. The number of hydrogen-bond donors (Lipinski definition) is 2. The first-order valence-electron chi connectivity index (χ1n) is 8.07. The van der Waals surface area contributed by atoms with Crippen molar-refractivity contribution in [2.45, 2.75) is 13.5 Å². The van der Waals surface area contributed by atoms with E-state index < -0.39 is 0 Å². The van der Waals surface area contributed by atoms with Gasteiger partial charge >= 0.3 is 0 Å². The van der Waals surface area contributed by atoms with Gasteiger partial charge in [0.2, 0.25) is 11.8 Å². The lowest BCUT2D eigenvalue weighted by Crippen LogP contribution is -2.31. The van der Waals surface area contributed by atoms with Crippen LogP contribution in [0, 0.1) is 5.82 Å². The lowest BCUT2D eigenvalue weighted by Gasteiger charge is -2.19. The number of likely N-dealkylation sites (N-methyl/N-ethyl adjacent to an activating group) is 1. The smallest absolute Gasteiger partial charge is 0.241 e. The van der Waals surface area contributed by atoms with E-state index in [4.69, 9.17) is 4.74 Å². The Kier molecular flexibility index (Phi) is 6.54. The van der Waals surface area contributed by atoms with E-state index in [0.717, 1.165) is 5.56 Å². The van der Waals surface area contributed by atoms with E-state index in [1.54, 1.807) is 42.3 Å². The molecule has 6 nitrogen and oxygen atoms in total. The van der Waals surface area contributed by atoms with Crippen LogP contribution in [-0.2, 0) is 16.1 Å². The Labute approximate surface area is 152 Å². The van der Waals surface area contributed by atoms with Crippen molar-refractivity contribution < 1.29 is 18.7 Å². The maximum Gasteiger partial charge on any atom is 0.241 e. The van der Waals surface area contributed by atoms with Crippen LogP contribution in [0.25, 0.3) is 0 Å². The number of rotatable bonds is 7. The Morgan fingerprint density at radius 1 is 1.15 bits per heavy atom. The zero-order chi connectivity index (χ0) is 19.1. The molecule has 0 aromatic heterocycles. The molecule has 0 atom stereocenters. The van der Waals surface area contributed by atoms with Gasteiger partial charge in [0.05, 0.1) is 19.3 Å². The molecule has 2 aromatic rings. The number of hydrogen-bond acceptors (Lipinski definition) is 4. The molecule has 7 heteroatoms. The molecule has 0 aliphatic carbocycles. The minimum Gasteiger partial charge on any atom is -0.495 e. The van der Waals surface area contributed by atoms with E-state index in [2.05, 4.69) is 10.6 Å². The fourth-order valence-corrected chi connectivity index (χ4v) is 2.38. The summed E-state index contributed by atoms with van der Waals surface area (Å²) in [5, 5.41) is 5.71. The molecule has 0 aliphatic rings. The van der Waals surface area contributed by atoms with Crippen molar-refractivity contribution in [1.82, 2.24) is 4.90 Å². The number of anilines is 2. The number of carbonyl (C=O) groups is 2. The standard InChI is InChI=1S/C19H22FN3O3/c1-13(24)22-16-8-9-18(26-3)17(10-16)21-11-19(25)23(2)12-14-4-6-15(20)7-5-14/h4-10,21H,11-12H2,1-3H3,(H,22,24). The Morgan fingerprint density at radius 2 is 1.85 bits per heavy atom. The molecule has 0 fully saturated rings. The molecule has 138 valence electrons. The van der Waals surface area contributed by atoms with Crippen molar-refractivity contribution in [2.24, 2.45) is 0 Å².